The maximum atomic E-state index is 12.5. The summed E-state index contributed by atoms with van der Waals surface area (Å²) in [7, 11) is 1.62. The molecule has 4 rings (SSSR count). The summed E-state index contributed by atoms with van der Waals surface area (Å²) < 4.78 is 5.17. The third-order valence-corrected chi connectivity index (χ3v) is 5.41. The van der Waals surface area contributed by atoms with Crippen molar-refractivity contribution in [1.29, 1.82) is 0 Å². The zero-order valence-corrected chi connectivity index (χ0v) is 16.4. The smallest absolute Gasteiger partial charge is 0.227 e. The van der Waals surface area contributed by atoms with Crippen molar-refractivity contribution in [2.24, 2.45) is 5.92 Å². The molecule has 1 heterocycles. The number of nitrogens with zero attached hydrogens (tertiary/aromatic N) is 1. The van der Waals surface area contributed by atoms with Gasteiger partial charge in [0.25, 0.3) is 0 Å². The van der Waals surface area contributed by atoms with E-state index in [-0.39, 0.29) is 17.7 Å². The van der Waals surface area contributed by atoms with E-state index < -0.39 is 0 Å². The molecule has 5 nitrogen and oxygen atoms in total. The van der Waals surface area contributed by atoms with Gasteiger partial charge in [-0.25, -0.2) is 0 Å². The number of methoxy groups -OCH3 is 1. The van der Waals surface area contributed by atoms with Crippen LogP contribution in [0.1, 0.15) is 12.0 Å². The standard InChI is InChI=1S/C24H24N2O3/c1-29-21-11-9-20(10-12-21)26-16-17(13-24(26)28)15-25-23(27)14-19-7-4-6-18-5-2-3-8-22(18)19/h2-12,17H,13-16H2,1H3,(H,25,27). The zero-order chi connectivity index (χ0) is 20.2. The average Bonchev–Trinajstić information content (AvgIpc) is 3.13. The average molecular weight is 388 g/mol. The van der Waals surface area contributed by atoms with E-state index in [1.807, 2.05) is 54.6 Å². The van der Waals surface area contributed by atoms with Crippen molar-refractivity contribution in [2.45, 2.75) is 12.8 Å². The highest BCUT2D eigenvalue weighted by molar-refractivity contribution is 5.96. The molecule has 1 saturated heterocycles. The summed E-state index contributed by atoms with van der Waals surface area (Å²) in [5.41, 5.74) is 1.88. The highest BCUT2D eigenvalue weighted by Gasteiger charge is 2.30. The number of hydrogen-bond donors (Lipinski definition) is 1. The second kappa shape index (κ2) is 8.35. The van der Waals surface area contributed by atoms with Crippen LogP contribution in [0.3, 0.4) is 0 Å². The minimum atomic E-state index is -0.0169. The van der Waals surface area contributed by atoms with Crippen molar-refractivity contribution in [3.05, 3.63) is 72.3 Å². The van der Waals surface area contributed by atoms with Crippen LogP contribution in [0.5, 0.6) is 5.75 Å². The lowest BCUT2D eigenvalue weighted by molar-refractivity contribution is -0.121. The Morgan fingerprint density at radius 2 is 1.83 bits per heavy atom. The predicted molar refractivity (Wildman–Crippen MR) is 114 cm³/mol. The third kappa shape index (κ3) is 4.24. The van der Waals surface area contributed by atoms with Gasteiger partial charge in [-0.3, -0.25) is 9.59 Å². The predicted octanol–water partition coefficient (Wildman–Crippen LogP) is 3.56. The Balaban J connectivity index is 1.34. The number of carbonyl (C=O) groups excluding carboxylic acids is 2. The van der Waals surface area contributed by atoms with Gasteiger partial charge in [0.1, 0.15) is 5.75 Å². The summed E-state index contributed by atoms with van der Waals surface area (Å²) in [4.78, 5) is 26.7. The van der Waals surface area contributed by atoms with E-state index in [2.05, 4.69) is 17.4 Å². The number of amides is 2. The van der Waals surface area contributed by atoms with Gasteiger partial charge in [0.2, 0.25) is 11.8 Å². The maximum absolute atomic E-state index is 12.5. The lowest BCUT2D eigenvalue weighted by atomic mass is 10.0. The fraction of sp³-hybridized carbons (Fsp3) is 0.250. The van der Waals surface area contributed by atoms with Crippen LogP contribution in [0.15, 0.2) is 66.7 Å². The first-order valence-electron chi connectivity index (χ1n) is 9.82. The third-order valence-electron chi connectivity index (χ3n) is 5.41. The normalized spacial score (nSPS) is 16.2. The van der Waals surface area contributed by atoms with E-state index in [0.29, 0.717) is 25.9 Å². The number of anilines is 1. The summed E-state index contributed by atoms with van der Waals surface area (Å²) in [6.45, 7) is 1.11. The van der Waals surface area contributed by atoms with E-state index in [0.717, 1.165) is 27.8 Å². The van der Waals surface area contributed by atoms with Gasteiger partial charge < -0.3 is 15.0 Å². The number of hydrogen-bond acceptors (Lipinski definition) is 3. The number of rotatable bonds is 6. The minimum absolute atomic E-state index is 0.0169. The van der Waals surface area contributed by atoms with Gasteiger partial charge in [0, 0.05) is 31.1 Å². The summed E-state index contributed by atoms with van der Waals surface area (Å²) in [5.74, 6) is 0.943. The quantitative estimate of drug-likeness (QED) is 0.702. The van der Waals surface area contributed by atoms with Crippen LogP contribution in [0, 0.1) is 5.92 Å². The highest BCUT2D eigenvalue weighted by Crippen LogP contribution is 2.26. The second-order valence-electron chi connectivity index (χ2n) is 7.39. The molecule has 148 valence electrons. The van der Waals surface area contributed by atoms with E-state index >= 15 is 0 Å². The van der Waals surface area contributed by atoms with Crippen molar-refractivity contribution < 1.29 is 14.3 Å². The molecule has 0 spiro atoms. The minimum Gasteiger partial charge on any atom is -0.497 e. The monoisotopic (exact) mass is 388 g/mol. The summed E-state index contributed by atoms with van der Waals surface area (Å²) in [6.07, 6.45) is 0.783. The van der Waals surface area contributed by atoms with Gasteiger partial charge in [0.05, 0.1) is 13.5 Å². The molecule has 1 unspecified atom stereocenters. The molecular weight excluding hydrogens is 364 g/mol. The Bertz CT molecular complexity index is 1020. The first-order valence-corrected chi connectivity index (χ1v) is 9.82. The molecular formula is C24H24N2O3. The lowest BCUT2D eigenvalue weighted by Gasteiger charge is -2.17. The van der Waals surface area contributed by atoms with E-state index in [1.54, 1.807) is 12.0 Å². The fourth-order valence-corrected chi connectivity index (χ4v) is 3.87. The van der Waals surface area contributed by atoms with Gasteiger partial charge >= 0.3 is 0 Å². The van der Waals surface area contributed by atoms with Crippen LogP contribution < -0.4 is 15.0 Å². The lowest BCUT2D eigenvalue weighted by Crippen LogP contribution is -2.32. The van der Waals surface area contributed by atoms with Gasteiger partial charge in [-0.05, 0) is 40.6 Å². The fourth-order valence-electron chi connectivity index (χ4n) is 3.87. The van der Waals surface area contributed by atoms with Crippen molar-refractivity contribution in [3.63, 3.8) is 0 Å². The van der Waals surface area contributed by atoms with Gasteiger partial charge in [-0.15, -0.1) is 0 Å². The molecule has 2 amide bonds. The number of ether oxygens (including phenoxy) is 1. The Kier molecular flexibility index (Phi) is 5.47. The number of carbonyl (C=O) groups is 2. The summed E-state index contributed by atoms with van der Waals surface area (Å²) >= 11 is 0. The SMILES string of the molecule is COc1ccc(N2CC(CNC(=O)Cc3cccc4ccccc34)CC2=O)cc1. The molecule has 1 aliphatic heterocycles. The van der Waals surface area contributed by atoms with Crippen LogP contribution in [0.25, 0.3) is 10.8 Å². The van der Waals surface area contributed by atoms with Gasteiger partial charge in [-0.2, -0.15) is 0 Å². The van der Waals surface area contributed by atoms with Crippen LogP contribution >= 0.6 is 0 Å². The van der Waals surface area contributed by atoms with E-state index in [1.165, 1.54) is 0 Å². The van der Waals surface area contributed by atoms with Crippen molar-refractivity contribution in [1.82, 2.24) is 5.32 Å². The zero-order valence-electron chi connectivity index (χ0n) is 16.4. The van der Waals surface area contributed by atoms with Crippen LogP contribution in [0.2, 0.25) is 0 Å². The molecule has 1 atom stereocenters. The molecule has 1 fully saturated rings. The van der Waals surface area contributed by atoms with Gasteiger partial charge in [-0.1, -0.05) is 42.5 Å². The molecule has 3 aromatic carbocycles. The van der Waals surface area contributed by atoms with Crippen molar-refractivity contribution in [2.75, 3.05) is 25.1 Å². The summed E-state index contributed by atoms with van der Waals surface area (Å²) in [5, 5.41) is 5.25. The number of nitrogens with one attached hydrogen (secondary N) is 1. The highest BCUT2D eigenvalue weighted by atomic mass is 16.5. The molecule has 5 heteroatoms. The Morgan fingerprint density at radius 1 is 1.07 bits per heavy atom. The number of benzene rings is 3. The Hall–Kier alpha value is -3.34. The molecule has 0 aliphatic carbocycles. The van der Waals surface area contributed by atoms with E-state index in [4.69, 9.17) is 4.74 Å². The molecule has 0 radical (unpaired) electrons. The molecule has 1 aliphatic rings. The van der Waals surface area contributed by atoms with Crippen molar-refractivity contribution >= 4 is 28.3 Å². The second-order valence-corrected chi connectivity index (χ2v) is 7.39. The van der Waals surface area contributed by atoms with Crippen LogP contribution in [-0.4, -0.2) is 32.0 Å². The molecule has 0 aromatic heterocycles. The Morgan fingerprint density at radius 3 is 2.62 bits per heavy atom. The largest absolute Gasteiger partial charge is 0.497 e. The Labute approximate surface area is 170 Å². The molecule has 3 aromatic rings. The number of fused-ring (bicyclic) bond motifs is 1. The first-order chi connectivity index (χ1) is 14.1. The molecule has 29 heavy (non-hydrogen) atoms. The summed E-state index contributed by atoms with van der Waals surface area (Å²) in [6, 6.07) is 21.6. The molecule has 1 N–H and O–H groups in total. The molecule has 0 bridgehead atoms. The molecule has 0 saturated carbocycles. The first kappa shape index (κ1) is 19.0. The topological polar surface area (TPSA) is 58.6 Å². The van der Waals surface area contributed by atoms with Crippen LogP contribution in [-0.2, 0) is 16.0 Å². The van der Waals surface area contributed by atoms with Gasteiger partial charge in [0.15, 0.2) is 0 Å². The maximum Gasteiger partial charge on any atom is 0.227 e. The van der Waals surface area contributed by atoms with Crippen LogP contribution in [0.4, 0.5) is 5.69 Å². The van der Waals surface area contributed by atoms with Crippen molar-refractivity contribution in [3.8, 4) is 5.75 Å². The van der Waals surface area contributed by atoms with E-state index in [9.17, 15) is 9.59 Å².